The molecule has 0 spiro atoms. The van der Waals surface area contributed by atoms with Gasteiger partial charge in [0, 0.05) is 0 Å². The SMILES string of the molecule is CCCC1(CC)CCC1[Si]([O-])([O-])[O-].[Na+].[Na+].[Na+]. The van der Waals surface area contributed by atoms with Crippen molar-refractivity contribution in [3.05, 3.63) is 0 Å². The van der Waals surface area contributed by atoms with Crippen LogP contribution in [-0.2, 0) is 0 Å². The molecule has 1 saturated carbocycles. The van der Waals surface area contributed by atoms with Crippen molar-refractivity contribution in [3.8, 4) is 0 Å². The van der Waals surface area contributed by atoms with Gasteiger partial charge < -0.3 is 14.4 Å². The van der Waals surface area contributed by atoms with E-state index < -0.39 is 14.3 Å². The summed E-state index contributed by atoms with van der Waals surface area (Å²) in [6, 6.07) is 0. The summed E-state index contributed by atoms with van der Waals surface area (Å²) < 4.78 is 0. The van der Waals surface area contributed by atoms with Crippen LogP contribution in [0.2, 0.25) is 5.54 Å². The Bertz CT molecular complexity index is 185. The molecule has 0 aliphatic heterocycles. The predicted molar refractivity (Wildman–Crippen MR) is 46.4 cm³/mol. The summed E-state index contributed by atoms with van der Waals surface area (Å²) in [6.07, 6.45) is 4.19. The van der Waals surface area contributed by atoms with E-state index >= 15 is 0 Å². The minimum absolute atomic E-state index is 0. The second-order valence-corrected chi connectivity index (χ2v) is 6.06. The second kappa shape index (κ2) is 9.92. The minimum Gasteiger partial charge on any atom is -0.881 e. The molecule has 0 saturated heterocycles. The van der Waals surface area contributed by atoms with Gasteiger partial charge in [0.05, 0.1) is 0 Å². The molecule has 16 heavy (non-hydrogen) atoms. The van der Waals surface area contributed by atoms with E-state index in [1.165, 1.54) is 0 Å². The van der Waals surface area contributed by atoms with Crippen LogP contribution in [0.15, 0.2) is 0 Å². The topological polar surface area (TPSA) is 69.2 Å². The molecule has 0 N–H and O–H groups in total. The van der Waals surface area contributed by atoms with Crippen LogP contribution in [0.5, 0.6) is 0 Å². The van der Waals surface area contributed by atoms with Gasteiger partial charge in [-0.2, -0.15) is 0 Å². The molecule has 3 nitrogen and oxygen atoms in total. The summed E-state index contributed by atoms with van der Waals surface area (Å²) in [5.74, 6) is 0. The van der Waals surface area contributed by atoms with Crippen molar-refractivity contribution in [2.75, 3.05) is 0 Å². The minimum atomic E-state index is -4.62. The summed E-state index contributed by atoms with van der Waals surface area (Å²) >= 11 is 0. The first-order valence-electron chi connectivity index (χ1n) is 5.07. The van der Waals surface area contributed by atoms with Crippen molar-refractivity contribution in [1.29, 1.82) is 0 Å². The van der Waals surface area contributed by atoms with Crippen molar-refractivity contribution in [2.24, 2.45) is 5.41 Å². The molecule has 0 radical (unpaired) electrons. The molecule has 0 aromatic heterocycles. The van der Waals surface area contributed by atoms with Crippen LogP contribution in [0.25, 0.3) is 0 Å². The van der Waals surface area contributed by atoms with Crippen LogP contribution in [0.1, 0.15) is 46.0 Å². The van der Waals surface area contributed by atoms with E-state index in [2.05, 4.69) is 0 Å². The van der Waals surface area contributed by atoms with Crippen molar-refractivity contribution in [2.45, 2.75) is 51.5 Å². The number of hydrogen-bond donors (Lipinski definition) is 0. The third-order valence-corrected chi connectivity index (χ3v) is 5.30. The van der Waals surface area contributed by atoms with Gasteiger partial charge in [0.15, 0.2) is 0 Å². The van der Waals surface area contributed by atoms with Gasteiger partial charge in [-0.15, -0.1) is 0 Å². The normalized spacial score (nSPS) is 27.9. The molecule has 1 fully saturated rings. The molecule has 0 amide bonds. The van der Waals surface area contributed by atoms with Gasteiger partial charge in [0.25, 0.3) is 0 Å². The second-order valence-electron chi connectivity index (χ2n) is 4.16. The fourth-order valence-electron chi connectivity index (χ4n) is 2.65. The Morgan fingerprint density at radius 3 is 1.81 bits per heavy atom. The Balaban J connectivity index is -0.000000563. The van der Waals surface area contributed by atoms with Gasteiger partial charge in [-0.25, -0.2) is 0 Å². The van der Waals surface area contributed by atoms with Crippen LogP contribution in [0.4, 0.5) is 0 Å². The average Bonchev–Trinajstić information content (AvgIpc) is 1.94. The molecule has 1 rings (SSSR count). The van der Waals surface area contributed by atoms with Gasteiger partial charge in [-0.3, -0.25) is 8.80 Å². The van der Waals surface area contributed by atoms with Crippen molar-refractivity contribution in [3.63, 3.8) is 0 Å². The van der Waals surface area contributed by atoms with Gasteiger partial charge in [-0.1, -0.05) is 38.7 Å². The van der Waals surface area contributed by atoms with E-state index in [0.29, 0.717) is 6.42 Å². The van der Waals surface area contributed by atoms with Crippen LogP contribution >= 0.6 is 0 Å². The number of hydrogen-bond acceptors (Lipinski definition) is 3. The fraction of sp³-hybridized carbons (Fsp3) is 1.00. The molecule has 78 valence electrons. The molecule has 7 heteroatoms. The van der Waals surface area contributed by atoms with E-state index in [-0.39, 0.29) is 94.1 Å². The third-order valence-electron chi connectivity index (χ3n) is 3.55. The van der Waals surface area contributed by atoms with Gasteiger partial charge in [0.1, 0.15) is 0 Å². The molecule has 2 atom stereocenters. The Labute approximate surface area is 166 Å². The maximum Gasteiger partial charge on any atom is 1.00 e. The summed E-state index contributed by atoms with van der Waals surface area (Å²) in [5.41, 5.74) is -0.711. The Morgan fingerprint density at radius 2 is 1.62 bits per heavy atom. The average molecular weight is 270 g/mol. The zero-order valence-corrected chi connectivity index (χ0v) is 18.3. The molecular formula is C9H17Na3O3Si. The predicted octanol–water partition coefficient (Wildman–Crippen LogP) is -9.62. The first kappa shape index (κ1) is 24.1. The largest absolute Gasteiger partial charge is 1.00 e. The quantitative estimate of drug-likeness (QED) is 0.476. The fourth-order valence-corrected chi connectivity index (χ4v) is 4.39. The number of rotatable bonds is 4. The van der Waals surface area contributed by atoms with E-state index in [4.69, 9.17) is 0 Å². The summed E-state index contributed by atoms with van der Waals surface area (Å²) in [5, 5.41) is 0. The maximum atomic E-state index is 11.0. The van der Waals surface area contributed by atoms with Gasteiger partial charge in [0.2, 0.25) is 0 Å². The van der Waals surface area contributed by atoms with E-state index in [0.717, 1.165) is 25.7 Å². The smallest absolute Gasteiger partial charge is 0.881 e. The van der Waals surface area contributed by atoms with Gasteiger partial charge in [-0.05, 0) is 18.3 Å². The standard InChI is InChI=1S/C9H17O3Si.3Na/c1-3-6-9(4-2)7-5-8(9)13(10,11)12;;;/h8H,3-7H2,1-2H3;;;/q-3;3*+1. The maximum absolute atomic E-state index is 11.0. The van der Waals surface area contributed by atoms with Crippen molar-refractivity contribution >= 4 is 8.80 Å². The zero-order chi connectivity index (χ0) is 10.1. The molecular weight excluding hydrogens is 253 g/mol. The van der Waals surface area contributed by atoms with Crippen LogP contribution in [0.3, 0.4) is 0 Å². The van der Waals surface area contributed by atoms with E-state index in [1.807, 2.05) is 13.8 Å². The Hall–Kier alpha value is 3.10. The molecule has 0 aromatic carbocycles. The molecule has 2 unspecified atom stereocenters. The van der Waals surface area contributed by atoms with Crippen LogP contribution in [0, 0.1) is 5.41 Å². The monoisotopic (exact) mass is 270 g/mol. The molecule has 1 aliphatic carbocycles. The van der Waals surface area contributed by atoms with Crippen molar-refractivity contribution < 1.29 is 103 Å². The molecule has 0 bridgehead atoms. The molecule has 0 aromatic rings. The summed E-state index contributed by atoms with van der Waals surface area (Å²) in [6.45, 7) is 4.03. The molecule has 0 heterocycles. The van der Waals surface area contributed by atoms with E-state index in [1.54, 1.807) is 0 Å². The first-order valence-corrected chi connectivity index (χ1v) is 6.87. The summed E-state index contributed by atoms with van der Waals surface area (Å²) in [7, 11) is -4.62. The van der Waals surface area contributed by atoms with Crippen molar-refractivity contribution in [1.82, 2.24) is 0 Å². The Morgan fingerprint density at radius 1 is 1.12 bits per heavy atom. The van der Waals surface area contributed by atoms with Gasteiger partial charge >= 0.3 is 88.7 Å². The zero-order valence-electron chi connectivity index (χ0n) is 11.3. The summed E-state index contributed by atoms with van der Waals surface area (Å²) in [4.78, 5) is 32.9. The molecule has 1 aliphatic rings. The first-order chi connectivity index (χ1) is 5.96. The van der Waals surface area contributed by atoms with E-state index in [9.17, 15) is 14.4 Å². The van der Waals surface area contributed by atoms with Crippen LogP contribution < -0.4 is 103 Å². The third kappa shape index (κ3) is 5.61. The Kier molecular flexibility index (Phi) is 15.0. The van der Waals surface area contributed by atoms with Crippen LogP contribution in [-0.4, -0.2) is 8.80 Å².